The summed E-state index contributed by atoms with van der Waals surface area (Å²) in [5, 5.41) is 7.70. The van der Waals surface area contributed by atoms with E-state index in [1.165, 1.54) is 92.8 Å². The van der Waals surface area contributed by atoms with Gasteiger partial charge < -0.3 is 19.3 Å². The molecule has 0 unspecified atom stereocenters. The Morgan fingerprint density at radius 2 is 0.944 bits per heavy atom. The minimum absolute atomic E-state index is 0.0767. The predicted octanol–water partition coefficient (Wildman–Crippen LogP) is 19.2. The van der Waals surface area contributed by atoms with Crippen LogP contribution in [0.15, 0.2) is 231 Å². The number of aromatic nitrogens is 2. The van der Waals surface area contributed by atoms with Gasteiger partial charge in [-0.25, -0.2) is 4.98 Å². The molecular formula is C82H76N4O2Si. The quantitative estimate of drug-likeness (QED) is 0.142. The molecule has 440 valence electrons. The van der Waals surface area contributed by atoms with Crippen molar-refractivity contribution in [1.29, 1.82) is 0 Å². The predicted molar refractivity (Wildman–Crippen MR) is 375 cm³/mol. The summed E-state index contributed by atoms with van der Waals surface area (Å²) < 4.78 is 16.6. The summed E-state index contributed by atoms with van der Waals surface area (Å²) in [5.41, 5.74) is 18.7. The lowest BCUT2D eigenvalue weighted by Gasteiger charge is -2.38. The van der Waals surface area contributed by atoms with Crippen LogP contribution in [-0.2, 0) is 21.7 Å². The average Bonchev–Trinajstić information content (AvgIpc) is 1.51. The molecule has 89 heavy (non-hydrogen) atoms. The fourth-order valence-corrected chi connectivity index (χ4v) is 19.6. The molecule has 0 fully saturated rings. The lowest BCUT2D eigenvalue weighted by atomic mass is 9.77. The minimum Gasteiger partial charge on any atom is -0.458 e. The molecule has 0 radical (unpaired) electrons. The van der Waals surface area contributed by atoms with E-state index in [4.69, 9.17) is 14.5 Å². The van der Waals surface area contributed by atoms with Crippen molar-refractivity contribution in [3.63, 3.8) is 0 Å². The van der Waals surface area contributed by atoms with Crippen LogP contribution in [0.5, 0.6) is 23.0 Å². The molecule has 0 bridgehead atoms. The van der Waals surface area contributed by atoms with E-state index in [2.05, 4.69) is 322 Å². The molecule has 3 aliphatic rings. The Hall–Kier alpha value is -9.43. The van der Waals surface area contributed by atoms with Crippen LogP contribution in [0.2, 0.25) is 0 Å². The molecule has 12 aromatic rings. The number of rotatable bonds is 8. The van der Waals surface area contributed by atoms with E-state index in [0.29, 0.717) is 6.67 Å². The highest BCUT2D eigenvalue weighted by molar-refractivity contribution is 7.24. The van der Waals surface area contributed by atoms with Gasteiger partial charge in [0.25, 0.3) is 0 Å². The minimum atomic E-state index is -3.01. The number of pyridine rings is 1. The third kappa shape index (κ3) is 9.22. The summed E-state index contributed by atoms with van der Waals surface area (Å²) in [5.74, 6) is 4.25. The van der Waals surface area contributed by atoms with Gasteiger partial charge >= 0.3 is 0 Å². The maximum absolute atomic E-state index is 7.43. The molecule has 7 heteroatoms. The van der Waals surface area contributed by atoms with Gasteiger partial charge in [-0.1, -0.05) is 217 Å². The topological polar surface area (TPSA) is 42.8 Å². The van der Waals surface area contributed by atoms with Crippen LogP contribution in [0, 0.1) is 0 Å². The maximum atomic E-state index is 7.43. The Labute approximate surface area is 525 Å². The van der Waals surface area contributed by atoms with Crippen LogP contribution < -0.4 is 40.0 Å². The highest BCUT2D eigenvalue weighted by Crippen LogP contribution is 2.53. The van der Waals surface area contributed by atoms with Crippen LogP contribution in [0.4, 0.5) is 22.7 Å². The van der Waals surface area contributed by atoms with E-state index in [0.717, 1.165) is 56.9 Å². The van der Waals surface area contributed by atoms with E-state index in [1.54, 1.807) is 0 Å². The lowest BCUT2D eigenvalue weighted by molar-refractivity contribution is 0.483. The zero-order valence-corrected chi connectivity index (χ0v) is 54.3. The Balaban J connectivity index is 0.905. The molecule has 0 amide bonds. The van der Waals surface area contributed by atoms with Gasteiger partial charge in [0.15, 0.2) is 8.07 Å². The standard InChI is InChI=1S/C82H76N4O2Si/c1-79(2,3)56-39-40-83-75(47-56)86-67-33-24-38-73-76(67)77-68(86)49-62(50-74(77)89(73)71-36-20-18-34-69(71)88-70-35-19-21-37-72(70)89)87-61-30-23-29-60(48-61)84-51-85(66-32-17-16-31-65(66)84)78-63(54-28-22-27-53(41-54)52-25-14-13-15-26-52)45-59(82(10,11)12)46-64(78)55-42-57(80(4,5)6)44-58(43-55)81(7,8)9/h13-50H,51H2,1-12H3. The van der Waals surface area contributed by atoms with Crippen molar-refractivity contribution in [1.82, 2.24) is 9.55 Å². The fraction of sp³-hybridized carbons (Fsp3) is 0.207. The van der Waals surface area contributed by atoms with Crippen molar-refractivity contribution in [3.05, 3.63) is 253 Å². The van der Waals surface area contributed by atoms with Gasteiger partial charge in [0.2, 0.25) is 0 Å². The normalized spacial score (nSPS) is 14.2. The largest absolute Gasteiger partial charge is 0.458 e. The van der Waals surface area contributed by atoms with Crippen molar-refractivity contribution in [2.24, 2.45) is 0 Å². The first kappa shape index (κ1) is 56.1. The van der Waals surface area contributed by atoms with Crippen LogP contribution in [0.25, 0.3) is 61.0 Å². The van der Waals surface area contributed by atoms with Crippen LogP contribution in [0.3, 0.4) is 0 Å². The molecule has 6 nitrogen and oxygen atoms in total. The van der Waals surface area contributed by atoms with Gasteiger partial charge in [-0.15, -0.1) is 0 Å². The van der Waals surface area contributed by atoms with Gasteiger partial charge in [-0.05, 0) is 166 Å². The Kier molecular flexibility index (Phi) is 12.8. The molecule has 0 atom stereocenters. The summed E-state index contributed by atoms with van der Waals surface area (Å²) in [7, 11) is -3.01. The number of nitrogens with zero attached hydrogens (tertiary/aromatic N) is 4. The average molecular weight is 1180 g/mol. The van der Waals surface area contributed by atoms with Crippen molar-refractivity contribution in [3.8, 4) is 62.2 Å². The number of hydrogen-bond acceptors (Lipinski definition) is 5. The van der Waals surface area contributed by atoms with Gasteiger partial charge in [-0.3, -0.25) is 4.57 Å². The summed E-state index contributed by atoms with van der Waals surface area (Å²) in [6.45, 7) is 28.4. The number of para-hydroxylation sites is 4. The lowest BCUT2D eigenvalue weighted by Crippen LogP contribution is -2.74. The number of fused-ring (bicyclic) bond motifs is 7. The molecule has 0 aliphatic carbocycles. The summed E-state index contributed by atoms with van der Waals surface area (Å²) in [6.07, 6.45) is 1.97. The molecule has 1 spiro atoms. The van der Waals surface area contributed by atoms with E-state index < -0.39 is 8.07 Å². The number of anilines is 4. The summed E-state index contributed by atoms with van der Waals surface area (Å²) in [4.78, 5) is 10.2. The molecule has 0 saturated carbocycles. The smallest absolute Gasteiger partial charge is 0.189 e. The molecular weight excluding hydrogens is 1100 g/mol. The van der Waals surface area contributed by atoms with Crippen molar-refractivity contribution >= 4 is 73.4 Å². The van der Waals surface area contributed by atoms with Crippen molar-refractivity contribution in [2.75, 3.05) is 16.5 Å². The highest BCUT2D eigenvalue weighted by atomic mass is 28.3. The molecule has 5 heterocycles. The zero-order chi connectivity index (χ0) is 61.5. The number of ether oxygens (including phenoxy) is 2. The second kappa shape index (κ2) is 20.3. The molecule has 0 saturated heterocycles. The molecule has 2 aromatic heterocycles. The summed E-state index contributed by atoms with van der Waals surface area (Å²) in [6, 6.07) is 83.4. The highest BCUT2D eigenvalue weighted by Gasteiger charge is 2.54. The van der Waals surface area contributed by atoms with Crippen molar-refractivity contribution < 1.29 is 9.47 Å². The second-order valence-corrected chi connectivity index (χ2v) is 32.6. The Morgan fingerprint density at radius 3 is 1.62 bits per heavy atom. The van der Waals surface area contributed by atoms with E-state index in [1.807, 2.05) is 6.20 Å². The monoisotopic (exact) mass is 1180 g/mol. The van der Waals surface area contributed by atoms with Crippen LogP contribution in [-0.4, -0.2) is 24.3 Å². The fourth-order valence-electron chi connectivity index (χ4n) is 14.2. The molecule has 10 aromatic carbocycles. The van der Waals surface area contributed by atoms with E-state index in [-0.39, 0.29) is 21.7 Å². The van der Waals surface area contributed by atoms with Crippen molar-refractivity contribution in [2.45, 2.75) is 105 Å². The van der Waals surface area contributed by atoms with E-state index >= 15 is 0 Å². The SMILES string of the molecule is CC(C)(C)c1cc(-c2cc(C(C)(C)C)cc(-c3cccc(-c4ccccc4)c3)c2N2CN(c3cccc(Oc4cc5c6c7c(cccc7n(-c7cc(C(C)(C)C)ccn7)c6c4)[Si]54c5ccccc5Oc5ccccc54)c3)c3ccccc32)cc(C(C)(C)C)c1. The third-order valence-corrected chi connectivity index (χ3v) is 23.8. The van der Waals surface area contributed by atoms with Gasteiger partial charge in [0, 0.05) is 45.9 Å². The molecule has 0 N–H and O–H groups in total. The van der Waals surface area contributed by atoms with Gasteiger partial charge in [-0.2, -0.15) is 0 Å². The number of benzene rings is 10. The Morgan fingerprint density at radius 1 is 0.393 bits per heavy atom. The zero-order valence-electron chi connectivity index (χ0n) is 53.3. The first-order valence-corrected chi connectivity index (χ1v) is 33.5. The van der Waals surface area contributed by atoms with E-state index in [9.17, 15) is 0 Å². The summed E-state index contributed by atoms with van der Waals surface area (Å²) >= 11 is 0. The molecule has 15 rings (SSSR count). The molecule has 3 aliphatic heterocycles. The van der Waals surface area contributed by atoms with Gasteiger partial charge in [0.1, 0.15) is 35.5 Å². The second-order valence-electron chi connectivity index (χ2n) is 28.9. The number of hydrogen-bond donors (Lipinski definition) is 0. The first-order valence-electron chi connectivity index (χ1n) is 31.5. The Bertz CT molecular complexity index is 4760. The third-order valence-electron chi connectivity index (χ3n) is 18.9. The first-order chi connectivity index (χ1) is 42.6. The van der Waals surface area contributed by atoms with Crippen LogP contribution in [0.1, 0.15) is 105 Å². The van der Waals surface area contributed by atoms with Crippen LogP contribution >= 0.6 is 0 Å². The van der Waals surface area contributed by atoms with Gasteiger partial charge in [0.05, 0.1) is 28.1 Å². The maximum Gasteiger partial charge on any atom is 0.189 e.